The number of thiazole rings is 2. The van der Waals surface area contributed by atoms with Crippen molar-refractivity contribution in [2.75, 3.05) is 19.8 Å². The summed E-state index contributed by atoms with van der Waals surface area (Å²) in [5.41, 5.74) is 17.2. The normalized spacial score (nSPS) is 10.1. The van der Waals surface area contributed by atoms with E-state index in [0.29, 0.717) is 29.8 Å². The number of ether oxygens (including phenoxy) is 2. The lowest BCUT2D eigenvalue weighted by atomic mass is 10.2. The van der Waals surface area contributed by atoms with Gasteiger partial charge in [0.25, 0.3) is 0 Å². The van der Waals surface area contributed by atoms with E-state index in [4.69, 9.17) is 15.8 Å². The molecule has 0 unspecified atom stereocenters. The Hall–Kier alpha value is -3.77. The number of carbonyl (C=O) groups is 3. The first kappa shape index (κ1) is 33.2. The molecule has 0 fully saturated rings. The minimum Gasteiger partial charge on any atom is -0.466 e. The zero-order chi connectivity index (χ0) is 28.2. The molecule has 2 aromatic heterocycles. The van der Waals surface area contributed by atoms with Crippen molar-refractivity contribution >= 4 is 47.0 Å². The standard InChI is InChI=1S/C11H14N4O2S.C7H9NOS.C4H7N3O2/c1-4-17-11(16)9(14-15-12)5-8-6-18-10(13-8)7(2)3;1-5(2)7-8-6(3-9)4-10-7;1-2-9-4(8)3-6-7-5/h5-7H,4H2,1-3H3;3-5H,1-2H3;2-3H2,1H3/b9-5-;;. The number of esters is 2. The largest absolute Gasteiger partial charge is 0.466 e. The fourth-order valence-corrected chi connectivity index (χ4v) is 3.64. The highest BCUT2D eigenvalue weighted by Gasteiger charge is 2.11. The highest BCUT2D eigenvalue weighted by Crippen LogP contribution is 2.21. The summed E-state index contributed by atoms with van der Waals surface area (Å²) in [4.78, 5) is 45.4. The van der Waals surface area contributed by atoms with E-state index in [-0.39, 0.29) is 18.8 Å². The molecule has 15 heteroatoms. The molecule has 0 aliphatic heterocycles. The number of hydrogen-bond donors (Lipinski definition) is 0. The second kappa shape index (κ2) is 19.4. The van der Waals surface area contributed by atoms with Gasteiger partial charge >= 0.3 is 11.9 Å². The molecule has 200 valence electrons. The van der Waals surface area contributed by atoms with Crippen molar-refractivity contribution in [3.63, 3.8) is 0 Å². The van der Waals surface area contributed by atoms with Gasteiger partial charge in [-0.25, -0.2) is 14.8 Å². The van der Waals surface area contributed by atoms with Crippen molar-refractivity contribution in [2.45, 2.75) is 53.4 Å². The van der Waals surface area contributed by atoms with Gasteiger partial charge in [0.1, 0.15) is 17.9 Å². The lowest BCUT2D eigenvalue weighted by Crippen LogP contribution is -2.06. The third-order valence-corrected chi connectivity index (χ3v) is 6.01. The fourth-order valence-electron chi connectivity index (χ4n) is 2.07. The summed E-state index contributed by atoms with van der Waals surface area (Å²) in [6.45, 7) is 11.9. The predicted molar refractivity (Wildman–Crippen MR) is 142 cm³/mol. The van der Waals surface area contributed by atoms with Crippen LogP contribution in [0.1, 0.15) is 79.6 Å². The Kier molecular flexibility index (Phi) is 17.4. The van der Waals surface area contributed by atoms with Crippen LogP contribution in [0.3, 0.4) is 0 Å². The van der Waals surface area contributed by atoms with Gasteiger partial charge in [-0.2, -0.15) is 0 Å². The molecule has 13 nitrogen and oxygen atoms in total. The molecule has 0 aliphatic rings. The van der Waals surface area contributed by atoms with E-state index in [1.54, 1.807) is 24.6 Å². The van der Waals surface area contributed by atoms with E-state index < -0.39 is 11.9 Å². The molecule has 37 heavy (non-hydrogen) atoms. The number of carbonyl (C=O) groups excluding carboxylic acids is 3. The highest BCUT2D eigenvalue weighted by atomic mass is 32.1. The molecule has 0 radical (unpaired) electrons. The van der Waals surface area contributed by atoms with Crippen molar-refractivity contribution in [2.24, 2.45) is 10.2 Å². The van der Waals surface area contributed by atoms with Crippen LogP contribution in [0.5, 0.6) is 0 Å². The number of aromatic nitrogens is 2. The lowest BCUT2D eigenvalue weighted by molar-refractivity contribution is -0.141. The summed E-state index contributed by atoms with van der Waals surface area (Å²) in [5, 5.41) is 11.9. The molecule has 0 aromatic carbocycles. The Morgan fingerprint density at radius 1 is 0.973 bits per heavy atom. The monoisotopic (exact) mass is 550 g/mol. The molecule has 0 spiro atoms. The van der Waals surface area contributed by atoms with Gasteiger partial charge in [-0.05, 0) is 31.0 Å². The van der Waals surface area contributed by atoms with Crippen LogP contribution in [-0.4, -0.2) is 48.0 Å². The highest BCUT2D eigenvalue weighted by molar-refractivity contribution is 7.10. The van der Waals surface area contributed by atoms with E-state index in [1.165, 1.54) is 28.7 Å². The summed E-state index contributed by atoms with van der Waals surface area (Å²) >= 11 is 3.04. The number of hydrogen-bond acceptors (Lipinski definition) is 11. The van der Waals surface area contributed by atoms with Crippen molar-refractivity contribution < 1.29 is 23.9 Å². The molecule has 2 aromatic rings. The molecule has 0 amide bonds. The number of aldehydes is 1. The number of nitrogens with zero attached hydrogens (tertiary/aromatic N) is 8. The maximum Gasteiger partial charge on any atom is 0.340 e. The van der Waals surface area contributed by atoms with E-state index in [2.05, 4.69) is 48.6 Å². The Bertz CT molecular complexity index is 1130. The summed E-state index contributed by atoms with van der Waals surface area (Å²) in [5.74, 6) is -0.383. The van der Waals surface area contributed by atoms with Crippen LogP contribution < -0.4 is 0 Å². The molecular weight excluding hydrogens is 520 g/mol. The van der Waals surface area contributed by atoms with Crippen molar-refractivity contribution in [1.82, 2.24) is 9.97 Å². The average Bonchev–Trinajstić information content (AvgIpc) is 3.54. The number of rotatable bonds is 10. The number of azide groups is 2. The lowest BCUT2D eigenvalue weighted by Gasteiger charge is -2.00. The van der Waals surface area contributed by atoms with E-state index in [0.717, 1.165) is 16.3 Å². The summed E-state index contributed by atoms with van der Waals surface area (Å²) in [7, 11) is 0. The van der Waals surface area contributed by atoms with Crippen molar-refractivity contribution in [3.8, 4) is 0 Å². The quantitative estimate of drug-likeness (QED) is 0.0812. The summed E-state index contributed by atoms with van der Waals surface area (Å²) < 4.78 is 9.23. The maximum atomic E-state index is 11.5. The third kappa shape index (κ3) is 14.4. The zero-order valence-corrected chi connectivity index (χ0v) is 23.2. The van der Waals surface area contributed by atoms with Gasteiger partial charge in [-0.1, -0.05) is 37.9 Å². The van der Waals surface area contributed by atoms with Crippen molar-refractivity contribution in [3.05, 3.63) is 58.7 Å². The Morgan fingerprint density at radius 2 is 1.51 bits per heavy atom. The molecule has 0 bridgehead atoms. The molecule has 0 aliphatic carbocycles. The zero-order valence-electron chi connectivity index (χ0n) is 21.5. The minimum atomic E-state index is -0.644. The average molecular weight is 551 g/mol. The molecular formula is C22H30N8O5S2. The van der Waals surface area contributed by atoms with Gasteiger partial charge in [-0.3, -0.25) is 9.59 Å². The van der Waals surface area contributed by atoms with Crippen LogP contribution in [0.15, 0.2) is 26.7 Å². The van der Waals surface area contributed by atoms with E-state index in [1.807, 2.05) is 13.8 Å². The smallest absolute Gasteiger partial charge is 0.340 e. The predicted octanol–water partition coefficient (Wildman–Crippen LogP) is 6.42. The molecule has 2 heterocycles. The first-order chi connectivity index (χ1) is 17.6. The van der Waals surface area contributed by atoms with Gasteiger partial charge in [0.2, 0.25) is 0 Å². The second-order valence-electron chi connectivity index (χ2n) is 7.28. The van der Waals surface area contributed by atoms with E-state index >= 15 is 0 Å². The molecule has 0 N–H and O–H groups in total. The SMILES string of the molecule is CC(C)c1nc(C=O)cs1.CCOC(=O)/C(=C/c1csc(C(C)C)n1)N=[N+]=[N-].CCOC(=O)CN=[N+]=[N-]. The van der Waals surface area contributed by atoms with Crippen LogP contribution in [-0.2, 0) is 19.1 Å². The fraction of sp³-hybridized carbons (Fsp3) is 0.500. The van der Waals surface area contributed by atoms with Gasteiger partial charge in [-0.15, -0.1) is 22.7 Å². The molecule has 0 saturated heterocycles. The van der Waals surface area contributed by atoms with Crippen LogP contribution in [0.25, 0.3) is 27.0 Å². The topological polar surface area (TPSA) is 193 Å². The molecule has 2 rings (SSSR count). The van der Waals surface area contributed by atoms with Gasteiger partial charge in [0.05, 0.1) is 28.9 Å². The van der Waals surface area contributed by atoms with Gasteiger partial charge in [0, 0.05) is 32.4 Å². The minimum absolute atomic E-state index is 0.0834. The first-order valence-electron chi connectivity index (χ1n) is 11.1. The Morgan fingerprint density at radius 3 is 1.92 bits per heavy atom. The first-order valence-corrected chi connectivity index (χ1v) is 12.9. The Balaban J connectivity index is 0.000000577. The summed E-state index contributed by atoms with van der Waals surface area (Å²) in [6.07, 6.45) is 2.21. The van der Waals surface area contributed by atoms with Crippen LogP contribution in [0, 0.1) is 0 Å². The maximum absolute atomic E-state index is 11.5. The van der Waals surface area contributed by atoms with Gasteiger partial charge in [0.15, 0.2) is 6.29 Å². The molecule has 0 atom stereocenters. The Labute approximate surface area is 222 Å². The summed E-state index contributed by atoms with van der Waals surface area (Å²) in [6, 6.07) is 0. The molecule has 0 saturated carbocycles. The third-order valence-electron chi connectivity index (χ3n) is 3.68. The van der Waals surface area contributed by atoms with Crippen LogP contribution >= 0.6 is 22.7 Å². The van der Waals surface area contributed by atoms with Crippen LogP contribution in [0.2, 0.25) is 0 Å². The van der Waals surface area contributed by atoms with Crippen molar-refractivity contribution in [1.29, 1.82) is 0 Å². The van der Waals surface area contributed by atoms with Crippen LogP contribution in [0.4, 0.5) is 0 Å². The van der Waals surface area contributed by atoms with E-state index in [9.17, 15) is 14.4 Å². The second-order valence-corrected chi connectivity index (χ2v) is 9.06. The van der Waals surface area contributed by atoms with Gasteiger partial charge < -0.3 is 9.47 Å².